The molecular weight excluding hydrogens is 268 g/mol. The van der Waals surface area contributed by atoms with Crippen LogP contribution in [0, 0.1) is 17.3 Å². The van der Waals surface area contributed by atoms with E-state index in [2.05, 4.69) is 48.5 Å². The van der Waals surface area contributed by atoms with E-state index >= 15 is 0 Å². The van der Waals surface area contributed by atoms with Gasteiger partial charge in [0.1, 0.15) is 0 Å². The molecule has 0 radical (unpaired) electrons. The van der Waals surface area contributed by atoms with Crippen molar-refractivity contribution >= 4 is 5.78 Å². The van der Waals surface area contributed by atoms with E-state index in [1.165, 1.54) is 22.3 Å². The van der Waals surface area contributed by atoms with Gasteiger partial charge in [-0.2, -0.15) is 0 Å². The molecule has 2 atom stereocenters. The number of hydrogen-bond donors (Lipinski definition) is 0. The Kier molecular flexibility index (Phi) is 4.47. The molecule has 2 rings (SSSR count). The Labute approximate surface area is 135 Å². The molecule has 1 aliphatic rings. The van der Waals surface area contributed by atoms with Gasteiger partial charge in [0.05, 0.1) is 0 Å². The summed E-state index contributed by atoms with van der Waals surface area (Å²) in [7, 11) is 0. The van der Waals surface area contributed by atoms with Crippen molar-refractivity contribution in [3.05, 3.63) is 58.2 Å². The van der Waals surface area contributed by atoms with E-state index in [9.17, 15) is 4.79 Å². The molecule has 1 heteroatoms. The highest BCUT2D eigenvalue weighted by molar-refractivity contribution is 5.99. The van der Waals surface area contributed by atoms with E-state index in [1.54, 1.807) is 0 Å². The van der Waals surface area contributed by atoms with Crippen molar-refractivity contribution in [3.8, 4) is 0 Å². The summed E-state index contributed by atoms with van der Waals surface area (Å²) < 4.78 is 0. The molecule has 0 fully saturated rings. The smallest absolute Gasteiger partial charge is 0.169 e. The lowest BCUT2D eigenvalue weighted by Crippen LogP contribution is -2.28. The molecule has 1 aliphatic carbocycles. The quantitative estimate of drug-likeness (QED) is 0.641. The predicted octanol–water partition coefficient (Wildman–Crippen LogP) is 5.83. The molecule has 1 aromatic rings. The van der Waals surface area contributed by atoms with Crippen LogP contribution in [0.1, 0.15) is 58.8 Å². The summed E-state index contributed by atoms with van der Waals surface area (Å²) in [5, 5.41) is 0. The molecule has 22 heavy (non-hydrogen) atoms. The van der Waals surface area contributed by atoms with Crippen LogP contribution in [0.25, 0.3) is 0 Å². The second-order valence-electron chi connectivity index (χ2n) is 7.64. The fourth-order valence-electron chi connectivity index (χ4n) is 3.86. The minimum atomic E-state index is -0.0703. The summed E-state index contributed by atoms with van der Waals surface area (Å²) in [6.07, 6.45) is 0. The van der Waals surface area contributed by atoms with Crippen LogP contribution in [0.2, 0.25) is 0 Å². The van der Waals surface area contributed by atoms with Crippen LogP contribution in [0.3, 0.4) is 0 Å². The molecule has 0 spiro atoms. The Morgan fingerprint density at radius 2 is 1.55 bits per heavy atom. The van der Waals surface area contributed by atoms with Gasteiger partial charge in [-0.05, 0) is 42.9 Å². The van der Waals surface area contributed by atoms with E-state index in [-0.39, 0.29) is 17.1 Å². The number of rotatable bonds is 3. The lowest BCUT2D eigenvalue weighted by atomic mass is 9.70. The maximum Gasteiger partial charge on any atom is 0.169 e. The molecule has 0 saturated heterocycles. The molecule has 1 aromatic carbocycles. The van der Waals surface area contributed by atoms with Crippen molar-refractivity contribution in [2.75, 3.05) is 0 Å². The molecule has 0 aromatic heterocycles. The zero-order chi connectivity index (χ0) is 16.7. The van der Waals surface area contributed by atoms with Crippen LogP contribution >= 0.6 is 0 Å². The first kappa shape index (κ1) is 16.7. The standard InChI is InChI=1S/C21H28O/c1-13-14(2)18(19(15(13)3)21(5,6)7)16(4)20(22)17-11-9-8-10-12-17/h8-12,16,19H,1-7H3. The second-order valence-corrected chi connectivity index (χ2v) is 7.64. The minimum Gasteiger partial charge on any atom is -0.294 e. The Morgan fingerprint density at radius 3 is 2.05 bits per heavy atom. The Hall–Kier alpha value is -1.63. The third-order valence-electron chi connectivity index (χ3n) is 5.12. The highest BCUT2D eigenvalue weighted by Gasteiger charge is 2.39. The van der Waals surface area contributed by atoms with Gasteiger partial charge in [0.2, 0.25) is 0 Å². The number of allylic oxidation sites excluding steroid dienone is 4. The van der Waals surface area contributed by atoms with Crippen molar-refractivity contribution in [1.82, 2.24) is 0 Å². The monoisotopic (exact) mass is 296 g/mol. The highest BCUT2D eigenvalue weighted by atomic mass is 16.1. The predicted molar refractivity (Wildman–Crippen MR) is 94.0 cm³/mol. The van der Waals surface area contributed by atoms with Crippen molar-refractivity contribution < 1.29 is 4.79 Å². The summed E-state index contributed by atoms with van der Waals surface area (Å²) >= 11 is 0. The maximum absolute atomic E-state index is 12.9. The molecule has 0 aliphatic heterocycles. The van der Waals surface area contributed by atoms with Crippen LogP contribution in [0.15, 0.2) is 52.6 Å². The Balaban J connectivity index is 2.44. The Bertz CT molecular complexity index is 638. The summed E-state index contributed by atoms with van der Waals surface area (Å²) in [6.45, 7) is 15.5. The fraction of sp³-hybridized carbons (Fsp3) is 0.476. The molecule has 118 valence electrons. The van der Waals surface area contributed by atoms with Gasteiger partial charge in [-0.15, -0.1) is 0 Å². The highest BCUT2D eigenvalue weighted by Crippen LogP contribution is 2.49. The molecule has 0 heterocycles. The fourth-order valence-corrected chi connectivity index (χ4v) is 3.86. The molecule has 0 amide bonds. The van der Waals surface area contributed by atoms with Gasteiger partial charge < -0.3 is 0 Å². The number of Topliss-reactive ketones (excluding diaryl/α,β-unsaturated/α-hetero) is 1. The zero-order valence-electron chi connectivity index (χ0n) is 14.9. The normalized spacial score (nSPS) is 20.6. The minimum absolute atomic E-state index is 0.0703. The van der Waals surface area contributed by atoms with Crippen LogP contribution < -0.4 is 0 Å². The Morgan fingerprint density at radius 1 is 1.00 bits per heavy atom. The van der Waals surface area contributed by atoms with E-state index in [0.29, 0.717) is 5.92 Å². The number of hydrogen-bond acceptors (Lipinski definition) is 1. The molecule has 0 bridgehead atoms. The SMILES string of the molecule is CC1=C(C)C(C(C)(C)C)C(C(C)C(=O)c2ccccc2)=C1C. The van der Waals surface area contributed by atoms with Gasteiger partial charge in [0, 0.05) is 17.4 Å². The van der Waals surface area contributed by atoms with Gasteiger partial charge in [-0.1, -0.05) is 63.6 Å². The largest absolute Gasteiger partial charge is 0.294 e. The average Bonchev–Trinajstić information content (AvgIpc) is 2.70. The van der Waals surface area contributed by atoms with E-state index in [0.717, 1.165) is 5.56 Å². The van der Waals surface area contributed by atoms with Crippen LogP contribution in [-0.4, -0.2) is 5.78 Å². The maximum atomic E-state index is 12.9. The van der Waals surface area contributed by atoms with E-state index < -0.39 is 0 Å². The molecule has 1 nitrogen and oxygen atoms in total. The summed E-state index contributed by atoms with van der Waals surface area (Å²) in [5.41, 5.74) is 6.36. The zero-order valence-corrected chi connectivity index (χ0v) is 14.9. The third-order valence-corrected chi connectivity index (χ3v) is 5.12. The number of carbonyl (C=O) groups excluding carboxylic acids is 1. The number of ketones is 1. The average molecular weight is 296 g/mol. The van der Waals surface area contributed by atoms with Crippen LogP contribution in [-0.2, 0) is 0 Å². The summed E-state index contributed by atoms with van der Waals surface area (Å²) in [5.74, 6) is 0.515. The molecule has 0 N–H and O–H groups in total. The topological polar surface area (TPSA) is 17.1 Å². The van der Waals surface area contributed by atoms with Gasteiger partial charge in [-0.3, -0.25) is 4.79 Å². The molecular formula is C21H28O. The van der Waals surface area contributed by atoms with Gasteiger partial charge in [-0.25, -0.2) is 0 Å². The number of carbonyl (C=O) groups is 1. The van der Waals surface area contributed by atoms with Gasteiger partial charge >= 0.3 is 0 Å². The summed E-state index contributed by atoms with van der Waals surface area (Å²) in [4.78, 5) is 12.9. The number of benzene rings is 1. The first-order valence-electron chi connectivity index (χ1n) is 8.14. The van der Waals surface area contributed by atoms with Crippen molar-refractivity contribution in [1.29, 1.82) is 0 Å². The first-order valence-corrected chi connectivity index (χ1v) is 8.14. The van der Waals surface area contributed by atoms with Crippen LogP contribution in [0.4, 0.5) is 0 Å². The molecule has 2 unspecified atom stereocenters. The van der Waals surface area contributed by atoms with E-state index in [1.807, 2.05) is 30.3 Å². The van der Waals surface area contributed by atoms with Gasteiger partial charge in [0.15, 0.2) is 5.78 Å². The lowest BCUT2D eigenvalue weighted by molar-refractivity contribution is 0.0938. The van der Waals surface area contributed by atoms with E-state index in [4.69, 9.17) is 0 Å². The lowest BCUT2D eigenvalue weighted by Gasteiger charge is -2.34. The van der Waals surface area contributed by atoms with Crippen molar-refractivity contribution in [2.24, 2.45) is 17.3 Å². The third kappa shape index (κ3) is 2.82. The summed E-state index contributed by atoms with van der Waals surface area (Å²) in [6, 6.07) is 9.67. The first-order chi connectivity index (χ1) is 10.2. The van der Waals surface area contributed by atoms with Gasteiger partial charge in [0.25, 0.3) is 0 Å². The van der Waals surface area contributed by atoms with Crippen molar-refractivity contribution in [2.45, 2.75) is 48.5 Å². The van der Waals surface area contributed by atoms with Crippen molar-refractivity contribution in [3.63, 3.8) is 0 Å². The molecule has 0 saturated carbocycles. The second kappa shape index (κ2) is 5.87. The van der Waals surface area contributed by atoms with Crippen LogP contribution in [0.5, 0.6) is 0 Å².